The Bertz CT molecular complexity index is 1330. The van der Waals surface area contributed by atoms with Crippen LogP contribution in [0.4, 0.5) is 11.4 Å². The van der Waals surface area contributed by atoms with Gasteiger partial charge in [0, 0.05) is 28.3 Å². The highest BCUT2D eigenvalue weighted by Crippen LogP contribution is 2.28. The van der Waals surface area contributed by atoms with Crippen LogP contribution in [-0.4, -0.2) is 33.1 Å². The lowest BCUT2D eigenvalue weighted by Crippen LogP contribution is -2.22. The molecule has 0 saturated heterocycles. The highest BCUT2D eigenvalue weighted by atomic mass is 32.2. The quantitative estimate of drug-likeness (QED) is 0.269. The summed E-state index contributed by atoms with van der Waals surface area (Å²) in [7, 11) is 0. The van der Waals surface area contributed by atoms with Crippen molar-refractivity contribution in [3.05, 3.63) is 72.8 Å². The molecule has 0 bridgehead atoms. The lowest BCUT2D eigenvalue weighted by Gasteiger charge is -2.13. The molecule has 0 aliphatic carbocycles. The Morgan fingerprint density at radius 1 is 0.943 bits per heavy atom. The van der Waals surface area contributed by atoms with Gasteiger partial charge in [0.25, 0.3) is 0 Å². The molecule has 3 aromatic carbocycles. The molecule has 0 aliphatic rings. The number of carboxylic acid groups (broad SMARTS) is 1. The highest BCUT2D eigenvalue weighted by Gasteiger charge is 2.16. The average molecular weight is 490 g/mol. The Labute approximate surface area is 205 Å². The zero-order chi connectivity index (χ0) is 24.8. The molecular formula is C26H23N3O5S. The third-order valence-electron chi connectivity index (χ3n) is 5.06. The summed E-state index contributed by atoms with van der Waals surface area (Å²) in [4.78, 5) is 40.5. The molecule has 2 amide bonds. The molecule has 35 heavy (non-hydrogen) atoms. The van der Waals surface area contributed by atoms with Gasteiger partial charge in [-0.05, 0) is 61.5 Å². The highest BCUT2D eigenvalue weighted by molar-refractivity contribution is 8.00. The van der Waals surface area contributed by atoms with Crippen LogP contribution in [0.25, 0.3) is 22.6 Å². The Balaban J connectivity index is 1.33. The van der Waals surface area contributed by atoms with E-state index in [1.165, 1.54) is 11.8 Å². The summed E-state index contributed by atoms with van der Waals surface area (Å²) in [5.74, 6) is -1.05. The second-order valence-corrected chi connectivity index (χ2v) is 9.20. The number of para-hydroxylation sites is 2. The predicted octanol–water partition coefficient (Wildman–Crippen LogP) is 5.42. The first-order valence-electron chi connectivity index (χ1n) is 10.9. The normalized spacial score (nSPS) is 11.7. The summed E-state index contributed by atoms with van der Waals surface area (Å²) in [6.07, 6.45) is -0.329. The molecular weight excluding hydrogens is 466 g/mol. The van der Waals surface area contributed by atoms with Gasteiger partial charge in [-0.3, -0.25) is 14.4 Å². The van der Waals surface area contributed by atoms with Crippen LogP contribution >= 0.6 is 11.8 Å². The number of nitrogens with one attached hydrogen (secondary N) is 2. The molecule has 1 heterocycles. The number of benzene rings is 3. The number of amides is 2. The van der Waals surface area contributed by atoms with E-state index < -0.39 is 11.2 Å². The van der Waals surface area contributed by atoms with Gasteiger partial charge in [-0.1, -0.05) is 18.2 Å². The van der Waals surface area contributed by atoms with E-state index in [1.54, 1.807) is 37.3 Å². The number of anilines is 2. The fraction of sp³-hybridized carbons (Fsp3) is 0.154. The molecule has 4 rings (SSSR count). The van der Waals surface area contributed by atoms with Gasteiger partial charge in [0.15, 0.2) is 5.58 Å². The van der Waals surface area contributed by atoms with E-state index in [1.807, 2.05) is 42.5 Å². The SMILES string of the molecule is CC(Sc1cccc(NC(=O)CCC(=O)O)c1)C(=O)Nc1ccc(-c2nc3ccccc3o2)cc1. The molecule has 1 aromatic heterocycles. The summed E-state index contributed by atoms with van der Waals surface area (Å²) in [6, 6.07) is 21.9. The van der Waals surface area contributed by atoms with Gasteiger partial charge in [-0.15, -0.1) is 11.8 Å². The zero-order valence-electron chi connectivity index (χ0n) is 18.9. The molecule has 0 radical (unpaired) electrons. The molecule has 178 valence electrons. The minimum Gasteiger partial charge on any atom is -0.481 e. The molecule has 0 spiro atoms. The molecule has 9 heteroatoms. The number of carbonyl (C=O) groups excluding carboxylic acids is 2. The Morgan fingerprint density at radius 2 is 1.71 bits per heavy atom. The van der Waals surface area contributed by atoms with E-state index in [4.69, 9.17) is 9.52 Å². The first-order valence-corrected chi connectivity index (χ1v) is 11.8. The maximum Gasteiger partial charge on any atom is 0.303 e. The molecule has 8 nitrogen and oxygen atoms in total. The molecule has 1 unspecified atom stereocenters. The van der Waals surface area contributed by atoms with Crippen LogP contribution in [0.2, 0.25) is 0 Å². The largest absolute Gasteiger partial charge is 0.481 e. The van der Waals surface area contributed by atoms with Gasteiger partial charge >= 0.3 is 5.97 Å². The van der Waals surface area contributed by atoms with E-state index in [2.05, 4.69) is 15.6 Å². The molecule has 0 fully saturated rings. The fourth-order valence-corrected chi connectivity index (χ4v) is 4.21. The molecule has 3 N–H and O–H groups in total. The van der Waals surface area contributed by atoms with Crippen molar-refractivity contribution in [2.24, 2.45) is 0 Å². The minimum absolute atomic E-state index is 0.100. The molecule has 0 aliphatic heterocycles. The number of nitrogens with zero attached hydrogens (tertiary/aromatic N) is 1. The van der Waals surface area contributed by atoms with Crippen LogP contribution in [0.1, 0.15) is 19.8 Å². The number of aliphatic carboxylic acids is 1. The lowest BCUT2D eigenvalue weighted by molar-refractivity contribution is -0.138. The third kappa shape index (κ3) is 6.48. The maximum atomic E-state index is 12.7. The van der Waals surface area contributed by atoms with Crippen molar-refractivity contribution in [1.29, 1.82) is 0 Å². The van der Waals surface area contributed by atoms with E-state index in [0.717, 1.165) is 21.6 Å². The topological polar surface area (TPSA) is 122 Å². The van der Waals surface area contributed by atoms with E-state index in [9.17, 15) is 14.4 Å². The number of oxazole rings is 1. The van der Waals surface area contributed by atoms with Crippen LogP contribution in [-0.2, 0) is 14.4 Å². The van der Waals surface area contributed by atoms with Crippen LogP contribution in [0.5, 0.6) is 0 Å². The molecule has 0 saturated carbocycles. The van der Waals surface area contributed by atoms with E-state index in [-0.39, 0.29) is 24.7 Å². The summed E-state index contributed by atoms with van der Waals surface area (Å²) >= 11 is 1.35. The Kier molecular flexibility index (Phi) is 7.47. The van der Waals surface area contributed by atoms with Crippen LogP contribution in [0.3, 0.4) is 0 Å². The average Bonchev–Trinajstić information content (AvgIpc) is 3.28. The number of rotatable bonds is 9. The number of fused-ring (bicyclic) bond motifs is 1. The molecule has 4 aromatic rings. The number of hydrogen-bond acceptors (Lipinski definition) is 6. The van der Waals surface area contributed by atoms with Crippen molar-refractivity contribution in [2.45, 2.75) is 29.9 Å². The van der Waals surface area contributed by atoms with Crippen molar-refractivity contribution in [2.75, 3.05) is 10.6 Å². The summed E-state index contributed by atoms with van der Waals surface area (Å²) in [5.41, 5.74) is 3.52. The maximum absolute atomic E-state index is 12.7. The lowest BCUT2D eigenvalue weighted by atomic mass is 10.2. The zero-order valence-corrected chi connectivity index (χ0v) is 19.7. The monoisotopic (exact) mass is 489 g/mol. The number of thioether (sulfide) groups is 1. The second-order valence-electron chi connectivity index (χ2n) is 7.78. The minimum atomic E-state index is -1.02. The third-order valence-corrected chi connectivity index (χ3v) is 6.15. The van der Waals surface area contributed by atoms with Gasteiger partial charge in [0.05, 0.1) is 11.7 Å². The van der Waals surface area contributed by atoms with Gasteiger partial charge in [0.1, 0.15) is 5.52 Å². The van der Waals surface area contributed by atoms with Crippen molar-refractivity contribution in [3.63, 3.8) is 0 Å². The number of aromatic nitrogens is 1. The van der Waals surface area contributed by atoms with Crippen LogP contribution in [0.15, 0.2) is 82.1 Å². The van der Waals surface area contributed by atoms with Crippen molar-refractivity contribution in [3.8, 4) is 11.5 Å². The summed E-state index contributed by atoms with van der Waals surface area (Å²) < 4.78 is 5.78. The Morgan fingerprint density at radius 3 is 2.46 bits per heavy atom. The second kappa shape index (κ2) is 10.9. The van der Waals surface area contributed by atoms with Gasteiger partial charge < -0.3 is 20.2 Å². The van der Waals surface area contributed by atoms with Crippen molar-refractivity contribution < 1.29 is 23.9 Å². The number of hydrogen-bond donors (Lipinski definition) is 3. The summed E-state index contributed by atoms with van der Waals surface area (Å²) in [5, 5.41) is 13.9. The standard InChI is InChI=1S/C26H23N3O5S/c1-16(35-20-6-4-5-19(15-20)27-23(30)13-14-24(31)32)25(33)28-18-11-9-17(10-12-18)26-29-21-7-2-3-8-22(21)34-26/h2-12,15-16H,13-14H2,1H3,(H,27,30)(H,28,33)(H,31,32). The van der Waals surface area contributed by atoms with E-state index >= 15 is 0 Å². The van der Waals surface area contributed by atoms with Crippen molar-refractivity contribution >= 4 is 52.0 Å². The van der Waals surface area contributed by atoms with Crippen molar-refractivity contribution in [1.82, 2.24) is 4.98 Å². The first-order chi connectivity index (χ1) is 16.9. The number of carbonyl (C=O) groups is 3. The smallest absolute Gasteiger partial charge is 0.303 e. The van der Waals surface area contributed by atoms with Gasteiger partial charge in [-0.2, -0.15) is 0 Å². The predicted molar refractivity (Wildman–Crippen MR) is 135 cm³/mol. The molecule has 1 atom stereocenters. The summed E-state index contributed by atoms with van der Waals surface area (Å²) in [6.45, 7) is 1.80. The Hall–Kier alpha value is -4.11. The van der Waals surface area contributed by atoms with Crippen LogP contribution < -0.4 is 10.6 Å². The first kappa shape index (κ1) is 24.0. The number of carboxylic acids is 1. The van der Waals surface area contributed by atoms with Gasteiger partial charge in [-0.25, -0.2) is 4.98 Å². The fourth-order valence-electron chi connectivity index (χ4n) is 3.28. The van der Waals surface area contributed by atoms with Crippen LogP contribution in [0, 0.1) is 0 Å². The van der Waals surface area contributed by atoms with Gasteiger partial charge in [0.2, 0.25) is 17.7 Å². The van der Waals surface area contributed by atoms with E-state index in [0.29, 0.717) is 17.3 Å².